The summed E-state index contributed by atoms with van der Waals surface area (Å²) in [6, 6.07) is 3.64. The Hall–Kier alpha value is -1.42. The number of pyridine rings is 1. The predicted octanol–water partition coefficient (Wildman–Crippen LogP) is 1.54. The molecule has 1 amide bonds. The van der Waals surface area contributed by atoms with Crippen LogP contribution in [0.25, 0.3) is 0 Å². The van der Waals surface area contributed by atoms with Gasteiger partial charge in [0.1, 0.15) is 0 Å². The Morgan fingerprint density at radius 1 is 1.59 bits per heavy atom. The van der Waals surface area contributed by atoms with Crippen molar-refractivity contribution >= 4 is 5.91 Å². The normalized spacial score (nSPS) is 23.6. The van der Waals surface area contributed by atoms with Gasteiger partial charge in [-0.25, -0.2) is 0 Å². The molecule has 0 bridgehead atoms. The van der Waals surface area contributed by atoms with Crippen LogP contribution in [0.1, 0.15) is 29.4 Å². The van der Waals surface area contributed by atoms with Crippen LogP contribution in [-0.2, 0) is 4.74 Å². The molecule has 1 N–H and O–H groups in total. The van der Waals surface area contributed by atoms with Crippen LogP contribution in [0.4, 0.5) is 0 Å². The first-order chi connectivity index (χ1) is 8.15. The van der Waals surface area contributed by atoms with Crippen molar-refractivity contribution in [3.63, 3.8) is 0 Å². The topological polar surface area (TPSA) is 51.2 Å². The highest BCUT2D eigenvalue weighted by Crippen LogP contribution is 2.18. The summed E-state index contributed by atoms with van der Waals surface area (Å²) in [5, 5.41) is 2.92. The quantitative estimate of drug-likeness (QED) is 0.863. The summed E-state index contributed by atoms with van der Waals surface area (Å²) in [6.45, 7) is 5.38. The first-order valence-corrected chi connectivity index (χ1v) is 5.97. The minimum absolute atomic E-state index is 0.0583. The van der Waals surface area contributed by atoms with Gasteiger partial charge in [-0.1, -0.05) is 0 Å². The number of carbonyl (C=O) groups is 1. The third kappa shape index (κ3) is 3.27. The Labute approximate surface area is 101 Å². The van der Waals surface area contributed by atoms with Gasteiger partial charge in [0.2, 0.25) is 0 Å². The van der Waals surface area contributed by atoms with E-state index >= 15 is 0 Å². The lowest BCUT2D eigenvalue weighted by Crippen LogP contribution is -2.29. The maximum Gasteiger partial charge on any atom is 0.252 e. The highest BCUT2D eigenvalue weighted by molar-refractivity contribution is 5.93. The predicted molar refractivity (Wildman–Crippen MR) is 64.8 cm³/mol. The van der Waals surface area contributed by atoms with Crippen molar-refractivity contribution in [2.75, 3.05) is 13.2 Å². The van der Waals surface area contributed by atoms with E-state index in [0.29, 0.717) is 24.1 Å². The summed E-state index contributed by atoms with van der Waals surface area (Å²) in [5.74, 6) is 0.379. The molecule has 1 aliphatic heterocycles. The number of amides is 1. The van der Waals surface area contributed by atoms with Gasteiger partial charge in [-0.15, -0.1) is 0 Å². The van der Waals surface area contributed by atoms with E-state index in [9.17, 15) is 4.79 Å². The summed E-state index contributed by atoms with van der Waals surface area (Å²) >= 11 is 0. The molecule has 2 atom stereocenters. The summed E-state index contributed by atoms with van der Waals surface area (Å²) < 4.78 is 5.46. The van der Waals surface area contributed by atoms with E-state index in [-0.39, 0.29) is 5.91 Å². The Kier molecular flexibility index (Phi) is 3.74. The van der Waals surface area contributed by atoms with Crippen LogP contribution in [-0.4, -0.2) is 30.1 Å². The summed E-state index contributed by atoms with van der Waals surface area (Å²) in [7, 11) is 0. The smallest absolute Gasteiger partial charge is 0.252 e. The molecule has 0 radical (unpaired) electrons. The van der Waals surface area contributed by atoms with E-state index < -0.39 is 0 Å². The number of ether oxygens (including phenoxy) is 1. The van der Waals surface area contributed by atoms with Gasteiger partial charge in [-0.05, 0) is 32.4 Å². The Bertz CT molecular complexity index is 389. The van der Waals surface area contributed by atoms with Crippen LogP contribution in [0.15, 0.2) is 18.3 Å². The molecule has 1 saturated heterocycles. The van der Waals surface area contributed by atoms with Crippen molar-refractivity contribution in [2.45, 2.75) is 26.4 Å². The fraction of sp³-hybridized carbons (Fsp3) is 0.538. The fourth-order valence-corrected chi connectivity index (χ4v) is 1.99. The molecule has 1 fully saturated rings. The van der Waals surface area contributed by atoms with E-state index in [1.165, 1.54) is 0 Å². The maximum absolute atomic E-state index is 11.8. The molecule has 4 nitrogen and oxygen atoms in total. The number of hydrogen-bond donors (Lipinski definition) is 1. The number of carbonyl (C=O) groups excluding carboxylic acids is 1. The first kappa shape index (κ1) is 12.0. The highest BCUT2D eigenvalue weighted by atomic mass is 16.5. The largest absolute Gasteiger partial charge is 0.378 e. The zero-order valence-electron chi connectivity index (χ0n) is 10.3. The average molecular weight is 234 g/mol. The number of rotatable bonds is 3. The van der Waals surface area contributed by atoms with Crippen molar-refractivity contribution in [3.05, 3.63) is 29.6 Å². The molecule has 0 spiro atoms. The summed E-state index contributed by atoms with van der Waals surface area (Å²) in [4.78, 5) is 15.9. The lowest BCUT2D eigenvalue weighted by molar-refractivity contribution is 0.0941. The zero-order valence-corrected chi connectivity index (χ0v) is 10.3. The molecule has 0 saturated carbocycles. The standard InChI is InChI=1S/C13H18N2O2/c1-9-3-4-12(7-14-9)13(16)15-6-11-5-10(2)17-8-11/h3-4,7,10-11H,5-6,8H2,1-2H3,(H,15,16). The number of aryl methyl sites for hydroxylation is 1. The molecule has 1 aromatic heterocycles. The second-order valence-electron chi connectivity index (χ2n) is 4.64. The monoisotopic (exact) mass is 234 g/mol. The van der Waals surface area contributed by atoms with Gasteiger partial charge in [0.15, 0.2) is 0 Å². The third-order valence-corrected chi connectivity index (χ3v) is 3.01. The molecule has 17 heavy (non-hydrogen) atoms. The minimum atomic E-state index is -0.0583. The van der Waals surface area contributed by atoms with Crippen LogP contribution >= 0.6 is 0 Å². The van der Waals surface area contributed by atoms with E-state index in [1.807, 2.05) is 13.0 Å². The third-order valence-electron chi connectivity index (χ3n) is 3.01. The molecule has 1 aromatic rings. The molecule has 2 unspecified atom stereocenters. The van der Waals surface area contributed by atoms with Gasteiger partial charge in [0, 0.05) is 24.4 Å². The van der Waals surface area contributed by atoms with Gasteiger partial charge >= 0.3 is 0 Å². The van der Waals surface area contributed by atoms with E-state index in [0.717, 1.165) is 18.7 Å². The van der Waals surface area contributed by atoms with Crippen LogP contribution in [0.3, 0.4) is 0 Å². The van der Waals surface area contributed by atoms with Gasteiger partial charge in [0.25, 0.3) is 5.91 Å². The molecule has 0 aromatic carbocycles. The average Bonchev–Trinajstić information content (AvgIpc) is 2.73. The fourth-order valence-electron chi connectivity index (χ4n) is 1.99. The van der Waals surface area contributed by atoms with Crippen LogP contribution < -0.4 is 5.32 Å². The molecule has 2 heterocycles. The Balaban J connectivity index is 1.83. The highest BCUT2D eigenvalue weighted by Gasteiger charge is 2.22. The first-order valence-electron chi connectivity index (χ1n) is 5.97. The molecule has 1 aliphatic rings. The number of hydrogen-bond acceptors (Lipinski definition) is 3. The second-order valence-corrected chi connectivity index (χ2v) is 4.64. The van der Waals surface area contributed by atoms with Crippen molar-refractivity contribution < 1.29 is 9.53 Å². The minimum Gasteiger partial charge on any atom is -0.378 e. The zero-order chi connectivity index (χ0) is 12.3. The van der Waals surface area contributed by atoms with Gasteiger partial charge in [-0.2, -0.15) is 0 Å². The molecule has 2 rings (SSSR count). The molecule has 0 aliphatic carbocycles. The van der Waals surface area contributed by atoms with Gasteiger partial charge in [-0.3, -0.25) is 9.78 Å². The maximum atomic E-state index is 11.8. The molecule has 4 heteroatoms. The van der Waals surface area contributed by atoms with Gasteiger partial charge in [0.05, 0.1) is 18.3 Å². The number of nitrogens with one attached hydrogen (secondary N) is 1. The SMILES string of the molecule is Cc1ccc(C(=O)NCC2COC(C)C2)cn1. The molecular weight excluding hydrogens is 216 g/mol. The van der Waals surface area contributed by atoms with Crippen LogP contribution in [0, 0.1) is 12.8 Å². The molecule has 92 valence electrons. The molecular formula is C13H18N2O2. The van der Waals surface area contributed by atoms with E-state index in [4.69, 9.17) is 4.74 Å². The van der Waals surface area contributed by atoms with Crippen LogP contribution in [0.5, 0.6) is 0 Å². The van der Waals surface area contributed by atoms with Crippen LogP contribution in [0.2, 0.25) is 0 Å². The number of aromatic nitrogens is 1. The van der Waals surface area contributed by atoms with Gasteiger partial charge < -0.3 is 10.1 Å². The Morgan fingerprint density at radius 3 is 3.00 bits per heavy atom. The number of nitrogens with zero attached hydrogens (tertiary/aromatic N) is 1. The lowest BCUT2D eigenvalue weighted by Gasteiger charge is -2.09. The van der Waals surface area contributed by atoms with Crippen molar-refractivity contribution in [1.82, 2.24) is 10.3 Å². The van der Waals surface area contributed by atoms with Crippen molar-refractivity contribution in [1.29, 1.82) is 0 Å². The Morgan fingerprint density at radius 2 is 2.41 bits per heavy atom. The summed E-state index contributed by atoms with van der Waals surface area (Å²) in [6.07, 6.45) is 2.95. The lowest BCUT2D eigenvalue weighted by atomic mass is 10.1. The second kappa shape index (κ2) is 5.27. The van der Waals surface area contributed by atoms with E-state index in [1.54, 1.807) is 12.3 Å². The van der Waals surface area contributed by atoms with E-state index in [2.05, 4.69) is 17.2 Å². The van der Waals surface area contributed by atoms with Crippen molar-refractivity contribution in [2.24, 2.45) is 5.92 Å². The summed E-state index contributed by atoms with van der Waals surface area (Å²) in [5.41, 5.74) is 1.53. The van der Waals surface area contributed by atoms with Crippen molar-refractivity contribution in [3.8, 4) is 0 Å².